The predicted molar refractivity (Wildman–Crippen MR) is 107 cm³/mol. The number of piperidine rings is 2. The molecule has 134 valence electrons. The third-order valence-corrected chi connectivity index (χ3v) is 5.50. The first-order valence-corrected chi connectivity index (χ1v) is 9.86. The molecule has 0 aromatic heterocycles. The van der Waals surface area contributed by atoms with Crippen LogP contribution < -0.4 is 10.6 Å². The van der Waals surface area contributed by atoms with Gasteiger partial charge >= 0.3 is 0 Å². The van der Waals surface area contributed by atoms with E-state index < -0.39 is 0 Å². The average Bonchev–Trinajstić information content (AvgIpc) is 2.71. The van der Waals surface area contributed by atoms with Crippen molar-refractivity contribution in [3.63, 3.8) is 0 Å². The molecule has 0 spiro atoms. The topological polar surface area (TPSA) is 24.1 Å². The van der Waals surface area contributed by atoms with E-state index in [1.54, 1.807) is 0 Å². The van der Waals surface area contributed by atoms with Gasteiger partial charge in [0.05, 0.1) is 0 Å². The van der Waals surface area contributed by atoms with Crippen LogP contribution in [0.1, 0.15) is 54.2 Å². The van der Waals surface area contributed by atoms with Crippen LogP contribution in [0.15, 0.2) is 54.6 Å². The molecule has 2 aromatic carbocycles. The lowest BCUT2D eigenvalue weighted by atomic mass is 9.90. The van der Waals surface area contributed by atoms with Gasteiger partial charge in [0.1, 0.15) is 0 Å². The van der Waals surface area contributed by atoms with E-state index in [2.05, 4.69) is 72.2 Å². The zero-order chi connectivity index (χ0) is 17.3. The summed E-state index contributed by atoms with van der Waals surface area (Å²) in [5.41, 5.74) is 4.39. The molecule has 2 aliphatic heterocycles. The number of hydrogen-bond acceptors (Lipinski definition) is 2. The summed E-state index contributed by atoms with van der Waals surface area (Å²) in [5.74, 6) is 1.59. The molecule has 2 heterocycles. The molecule has 0 aliphatic carbocycles. The molecule has 4 rings (SSSR count). The van der Waals surface area contributed by atoms with Crippen molar-refractivity contribution in [3.05, 3.63) is 71.3 Å². The predicted octanol–water partition coefficient (Wildman–Crippen LogP) is 4.62. The zero-order valence-corrected chi connectivity index (χ0v) is 15.5. The Morgan fingerprint density at radius 3 is 1.52 bits per heavy atom. The van der Waals surface area contributed by atoms with Gasteiger partial charge in [0.25, 0.3) is 0 Å². The molecular formula is C23H32N2. The first-order chi connectivity index (χ1) is 12.3. The summed E-state index contributed by atoms with van der Waals surface area (Å²) in [5, 5.41) is 6.78. The largest absolute Gasteiger partial charge is 0.317 e. The Hall–Kier alpha value is -1.64. The molecule has 2 fully saturated rings. The molecular weight excluding hydrogens is 304 g/mol. The zero-order valence-electron chi connectivity index (χ0n) is 15.5. The Labute approximate surface area is 153 Å². The Bertz CT molecular complexity index is 594. The van der Waals surface area contributed by atoms with E-state index in [1.165, 1.54) is 68.6 Å². The van der Waals surface area contributed by atoms with E-state index in [0.29, 0.717) is 0 Å². The van der Waals surface area contributed by atoms with Gasteiger partial charge < -0.3 is 10.6 Å². The SMILES string of the molecule is Cc1ccc(C2CCNCC2)cc1.c1ccc(C2CCNCC2)cc1. The summed E-state index contributed by atoms with van der Waals surface area (Å²) < 4.78 is 0. The number of aryl methyl sites for hydroxylation is 1. The molecule has 0 amide bonds. The highest BCUT2D eigenvalue weighted by molar-refractivity contribution is 5.25. The molecule has 2 aliphatic rings. The van der Waals surface area contributed by atoms with Crippen LogP contribution in [0.3, 0.4) is 0 Å². The normalized spacial score (nSPS) is 19.1. The van der Waals surface area contributed by atoms with Crippen LogP contribution in [-0.4, -0.2) is 26.2 Å². The summed E-state index contributed by atoms with van der Waals surface area (Å²) >= 11 is 0. The van der Waals surface area contributed by atoms with Crippen molar-refractivity contribution in [2.24, 2.45) is 0 Å². The lowest BCUT2D eigenvalue weighted by molar-refractivity contribution is 0.460. The van der Waals surface area contributed by atoms with Crippen molar-refractivity contribution in [2.75, 3.05) is 26.2 Å². The second kappa shape index (κ2) is 9.74. The molecule has 2 saturated heterocycles. The van der Waals surface area contributed by atoms with Gasteiger partial charge in [-0.1, -0.05) is 60.2 Å². The maximum absolute atomic E-state index is 3.40. The highest BCUT2D eigenvalue weighted by Crippen LogP contribution is 2.25. The van der Waals surface area contributed by atoms with Gasteiger partial charge in [0.15, 0.2) is 0 Å². The van der Waals surface area contributed by atoms with Gasteiger partial charge in [-0.15, -0.1) is 0 Å². The average molecular weight is 337 g/mol. The Kier molecular flexibility index (Phi) is 7.08. The summed E-state index contributed by atoms with van der Waals surface area (Å²) in [4.78, 5) is 0. The van der Waals surface area contributed by atoms with Crippen LogP contribution in [0.2, 0.25) is 0 Å². The second-order valence-corrected chi connectivity index (χ2v) is 7.37. The van der Waals surface area contributed by atoms with Gasteiger partial charge in [0, 0.05) is 0 Å². The fraction of sp³-hybridized carbons (Fsp3) is 0.478. The van der Waals surface area contributed by atoms with E-state index in [9.17, 15) is 0 Å². The van der Waals surface area contributed by atoms with Gasteiger partial charge in [-0.2, -0.15) is 0 Å². The number of rotatable bonds is 2. The van der Waals surface area contributed by atoms with Crippen LogP contribution in [0.25, 0.3) is 0 Å². The summed E-state index contributed by atoms with van der Waals surface area (Å²) in [6.45, 7) is 6.86. The first kappa shape index (κ1) is 18.2. The van der Waals surface area contributed by atoms with Crippen molar-refractivity contribution in [3.8, 4) is 0 Å². The third kappa shape index (κ3) is 5.69. The van der Waals surface area contributed by atoms with Crippen molar-refractivity contribution < 1.29 is 0 Å². The standard InChI is InChI=1S/C12H17N.C11H15N/c1-10-2-4-11(5-3-10)12-6-8-13-9-7-12;1-2-4-10(5-3-1)11-6-8-12-9-7-11/h2-5,12-13H,6-9H2,1H3;1-5,11-12H,6-9H2. The number of benzene rings is 2. The van der Waals surface area contributed by atoms with E-state index in [-0.39, 0.29) is 0 Å². The fourth-order valence-corrected chi connectivity index (χ4v) is 3.87. The van der Waals surface area contributed by atoms with Gasteiger partial charge in [-0.3, -0.25) is 0 Å². The summed E-state index contributed by atoms with van der Waals surface area (Å²) in [7, 11) is 0. The molecule has 0 atom stereocenters. The van der Waals surface area contributed by atoms with Crippen LogP contribution in [-0.2, 0) is 0 Å². The molecule has 25 heavy (non-hydrogen) atoms. The first-order valence-electron chi connectivity index (χ1n) is 9.86. The van der Waals surface area contributed by atoms with Gasteiger partial charge in [0.2, 0.25) is 0 Å². The second-order valence-electron chi connectivity index (χ2n) is 7.37. The summed E-state index contributed by atoms with van der Waals surface area (Å²) in [6.07, 6.45) is 5.18. The van der Waals surface area contributed by atoms with Crippen molar-refractivity contribution >= 4 is 0 Å². The van der Waals surface area contributed by atoms with Gasteiger partial charge in [-0.25, -0.2) is 0 Å². The highest BCUT2D eigenvalue weighted by Gasteiger charge is 2.14. The Balaban J connectivity index is 0.000000146. The molecule has 0 radical (unpaired) electrons. The summed E-state index contributed by atoms with van der Waals surface area (Å²) in [6, 6.07) is 19.9. The molecule has 2 nitrogen and oxygen atoms in total. The maximum Gasteiger partial charge on any atom is -0.00431 e. The number of hydrogen-bond donors (Lipinski definition) is 2. The minimum Gasteiger partial charge on any atom is -0.317 e. The Morgan fingerprint density at radius 1 is 0.600 bits per heavy atom. The van der Waals surface area contributed by atoms with Crippen LogP contribution in [0, 0.1) is 6.92 Å². The molecule has 2 heteroatoms. The van der Waals surface area contributed by atoms with Crippen LogP contribution >= 0.6 is 0 Å². The molecule has 2 aromatic rings. The van der Waals surface area contributed by atoms with Crippen molar-refractivity contribution in [1.82, 2.24) is 10.6 Å². The van der Waals surface area contributed by atoms with E-state index >= 15 is 0 Å². The van der Waals surface area contributed by atoms with Crippen LogP contribution in [0.5, 0.6) is 0 Å². The highest BCUT2D eigenvalue weighted by atomic mass is 14.9. The van der Waals surface area contributed by atoms with E-state index in [4.69, 9.17) is 0 Å². The van der Waals surface area contributed by atoms with Crippen molar-refractivity contribution in [1.29, 1.82) is 0 Å². The Morgan fingerprint density at radius 2 is 1.04 bits per heavy atom. The number of nitrogens with one attached hydrogen (secondary N) is 2. The lowest BCUT2D eigenvalue weighted by Gasteiger charge is -2.22. The van der Waals surface area contributed by atoms with Crippen LogP contribution in [0.4, 0.5) is 0 Å². The smallest absolute Gasteiger partial charge is 0.00431 e. The van der Waals surface area contributed by atoms with E-state index in [1.807, 2.05) is 0 Å². The molecule has 0 bridgehead atoms. The minimum atomic E-state index is 0.793. The lowest BCUT2D eigenvalue weighted by Crippen LogP contribution is -2.26. The minimum absolute atomic E-state index is 0.793. The van der Waals surface area contributed by atoms with E-state index in [0.717, 1.165) is 11.8 Å². The quantitative estimate of drug-likeness (QED) is 0.836. The molecule has 0 saturated carbocycles. The van der Waals surface area contributed by atoms with Crippen molar-refractivity contribution in [2.45, 2.75) is 44.4 Å². The molecule has 2 N–H and O–H groups in total. The van der Waals surface area contributed by atoms with Gasteiger partial charge in [-0.05, 0) is 81.7 Å². The monoisotopic (exact) mass is 336 g/mol. The third-order valence-electron chi connectivity index (χ3n) is 5.50. The molecule has 0 unspecified atom stereocenters. The maximum atomic E-state index is 3.40. The fourth-order valence-electron chi connectivity index (χ4n) is 3.87.